The third-order valence-electron chi connectivity index (χ3n) is 3.13. The minimum atomic E-state index is -0.580. The van der Waals surface area contributed by atoms with E-state index in [1.807, 2.05) is 12.1 Å². The molecule has 1 amide bonds. The molecule has 0 fully saturated rings. The van der Waals surface area contributed by atoms with Crippen LogP contribution in [-0.4, -0.2) is 16.3 Å². The van der Waals surface area contributed by atoms with E-state index < -0.39 is 6.09 Å². The maximum atomic E-state index is 11.8. The summed E-state index contributed by atoms with van der Waals surface area (Å²) in [5.41, 5.74) is 0.312. The number of hydrogen-bond acceptors (Lipinski definition) is 4. The minimum Gasteiger partial charge on any atom is -0.410 e. The first-order valence-corrected chi connectivity index (χ1v) is 6.71. The Morgan fingerprint density at radius 2 is 1.73 bits per heavy atom. The van der Waals surface area contributed by atoms with Crippen LogP contribution >= 0.6 is 0 Å². The van der Waals surface area contributed by atoms with Gasteiger partial charge in [-0.25, -0.2) is 9.89 Å². The molecule has 6 heteroatoms. The zero-order valence-electron chi connectivity index (χ0n) is 11.6. The van der Waals surface area contributed by atoms with Crippen molar-refractivity contribution in [3.8, 4) is 5.75 Å². The summed E-state index contributed by atoms with van der Waals surface area (Å²) < 4.78 is 5.12. The molecule has 0 radical (unpaired) electrons. The standard InChI is InChI=1S/C16H13N3O3/c20-15-13-9-5-4-8-12(13)14(18-19-15)10-17-16(21)22-11-6-2-1-3-7-11/h1-9H,10H2,(H,17,21)(H,19,20). The van der Waals surface area contributed by atoms with Gasteiger partial charge < -0.3 is 10.1 Å². The van der Waals surface area contributed by atoms with Crippen LogP contribution in [0.25, 0.3) is 10.8 Å². The Kier molecular flexibility index (Phi) is 3.82. The number of nitrogens with one attached hydrogen (secondary N) is 2. The number of rotatable bonds is 3. The summed E-state index contributed by atoms with van der Waals surface area (Å²) in [5, 5.41) is 10.2. The number of aromatic nitrogens is 2. The van der Waals surface area contributed by atoms with Crippen LogP contribution in [0.3, 0.4) is 0 Å². The van der Waals surface area contributed by atoms with Gasteiger partial charge in [0.25, 0.3) is 5.56 Å². The van der Waals surface area contributed by atoms with E-state index in [0.29, 0.717) is 22.2 Å². The third-order valence-corrected chi connectivity index (χ3v) is 3.13. The Balaban J connectivity index is 1.73. The van der Waals surface area contributed by atoms with Gasteiger partial charge in [-0.2, -0.15) is 5.10 Å². The molecule has 0 bridgehead atoms. The molecule has 3 rings (SSSR count). The number of amides is 1. The van der Waals surface area contributed by atoms with Gasteiger partial charge in [0.15, 0.2) is 0 Å². The molecule has 0 unspecified atom stereocenters. The molecule has 2 aromatic carbocycles. The molecule has 22 heavy (non-hydrogen) atoms. The summed E-state index contributed by atoms with van der Waals surface area (Å²) in [6.07, 6.45) is -0.580. The van der Waals surface area contributed by atoms with Crippen molar-refractivity contribution in [2.75, 3.05) is 0 Å². The lowest BCUT2D eigenvalue weighted by Crippen LogP contribution is -2.27. The highest BCUT2D eigenvalue weighted by Crippen LogP contribution is 2.12. The number of benzene rings is 2. The van der Waals surface area contributed by atoms with Gasteiger partial charge in [-0.1, -0.05) is 36.4 Å². The lowest BCUT2D eigenvalue weighted by Gasteiger charge is -2.07. The molecule has 0 saturated carbocycles. The van der Waals surface area contributed by atoms with E-state index in [-0.39, 0.29) is 12.1 Å². The minimum absolute atomic E-state index is 0.156. The molecule has 6 nitrogen and oxygen atoms in total. The number of carbonyl (C=O) groups excluding carboxylic acids is 1. The van der Waals surface area contributed by atoms with Gasteiger partial charge in [0.05, 0.1) is 17.6 Å². The van der Waals surface area contributed by atoms with E-state index in [1.165, 1.54) is 0 Å². The molecule has 1 heterocycles. The fourth-order valence-corrected chi connectivity index (χ4v) is 2.09. The SMILES string of the molecule is O=C(NCc1n[nH]c(=O)c2ccccc12)Oc1ccccc1. The average Bonchev–Trinajstić information content (AvgIpc) is 2.55. The number of aromatic amines is 1. The van der Waals surface area contributed by atoms with Crippen LogP contribution in [-0.2, 0) is 6.54 Å². The normalized spacial score (nSPS) is 10.4. The number of fused-ring (bicyclic) bond motifs is 1. The molecule has 2 N–H and O–H groups in total. The van der Waals surface area contributed by atoms with E-state index in [4.69, 9.17) is 4.74 Å². The van der Waals surface area contributed by atoms with Crippen molar-refractivity contribution in [1.29, 1.82) is 0 Å². The molecule has 0 aliphatic heterocycles. The quantitative estimate of drug-likeness (QED) is 0.776. The van der Waals surface area contributed by atoms with Gasteiger partial charge in [-0.3, -0.25) is 4.79 Å². The molecule has 1 aromatic heterocycles. The van der Waals surface area contributed by atoms with Crippen molar-refractivity contribution in [1.82, 2.24) is 15.5 Å². The van der Waals surface area contributed by atoms with Gasteiger partial charge in [0.2, 0.25) is 0 Å². The Bertz CT molecular complexity index is 859. The lowest BCUT2D eigenvalue weighted by atomic mass is 10.1. The Morgan fingerprint density at radius 1 is 1.05 bits per heavy atom. The monoisotopic (exact) mass is 295 g/mol. The zero-order chi connectivity index (χ0) is 15.4. The Morgan fingerprint density at radius 3 is 2.50 bits per heavy atom. The summed E-state index contributed by atoms with van der Waals surface area (Å²) >= 11 is 0. The zero-order valence-corrected chi connectivity index (χ0v) is 11.6. The fourth-order valence-electron chi connectivity index (χ4n) is 2.09. The first kappa shape index (κ1) is 13.8. The predicted molar refractivity (Wildman–Crippen MR) is 81.7 cm³/mol. The number of nitrogens with zero attached hydrogens (tertiary/aromatic N) is 1. The van der Waals surface area contributed by atoms with Crippen LogP contribution in [0.5, 0.6) is 5.75 Å². The van der Waals surface area contributed by atoms with E-state index >= 15 is 0 Å². The first-order valence-electron chi connectivity index (χ1n) is 6.71. The fraction of sp³-hybridized carbons (Fsp3) is 0.0625. The van der Waals surface area contributed by atoms with Gasteiger partial charge in [0.1, 0.15) is 5.75 Å². The van der Waals surface area contributed by atoms with E-state index in [1.54, 1.807) is 42.5 Å². The van der Waals surface area contributed by atoms with Gasteiger partial charge in [0, 0.05) is 5.39 Å². The second-order valence-electron chi connectivity index (χ2n) is 4.60. The number of para-hydroxylation sites is 1. The molecule has 3 aromatic rings. The Hall–Kier alpha value is -3.15. The van der Waals surface area contributed by atoms with Crippen molar-refractivity contribution in [2.24, 2.45) is 0 Å². The molecular formula is C16H13N3O3. The van der Waals surface area contributed by atoms with E-state index in [0.717, 1.165) is 0 Å². The van der Waals surface area contributed by atoms with E-state index in [2.05, 4.69) is 15.5 Å². The van der Waals surface area contributed by atoms with Gasteiger partial charge in [-0.05, 0) is 18.2 Å². The number of carbonyl (C=O) groups is 1. The maximum Gasteiger partial charge on any atom is 0.412 e. The highest BCUT2D eigenvalue weighted by atomic mass is 16.6. The highest BCUT2D eigenvalue weighted by Gasteiger charge is 2.08. The second-order valence-corrected chi connectivity index (χ2v) is 4.60. The molecule has 0 aliphatic rings. The van der Waals surface area contributed by atoms with Gasteiger partial charge in [-0.15, -0.1) is 0 Å². The molecule has 0 atom stereocenters. The van der Waals surface area contributed by atoms with Crippen molar-refractivity contribution in [3.05, 3.63) is 70.6 Å². The third kappa shape index (κ3) is 2.95. The van der Waals surface area contributed by atoms with Crippen LogP contribution in [0.15, 0.2) is 59.4 Å². The first-order chi connectivity index (χ1) is 10.7. The average molecular weight is 295 g/mol. The summed E-state index contributed by atoms with van der Waals surface area (Å²) in [4.78, 5) is 23.4. The van der Waals surface area contributed by atoms with Crippen LogP contribution in [0.4, 0.5) is 4.79 Å². The molecule has 0 spiro atoms. The molecule has 110 valence electrons. The van der Waals surface area contributed by atoms with E-state index in [9.17, 15) is 9.59 Å². The van der Waals surface area contributed by atoms with Crippen molar-refractivity contribution < 1.29 is 9.53 Å². The predicted octanol–water partition coefficient (Wildman–Crippen LogP) is 2.21. The number of hydrogen-bond donors (Lipinski definition) is 2. The largest absolute Gasteiger partial charge is 0.412 e. The van der Waals surface area contributed by atoms with Crippen molar-refractivity contribution in [3.63, 3.8) is 0 Å². The van der Waals surface area contributed by atoms with Crippen LogP contribution < -0.4 is 15.6 Å². The van der Waals surface area contributed by atoms with Gasteiger partial charge >= 0.3 is 6.09 Å². The van der Waals surface area contributed by atoms with Crippen LogP contribution in [0, 0.1) is 0 Å². The maximum absolute atomic E-state index is 11.8. The Labute approximate surface area is 125 Å². The van der Waals surface area contributed by atoms with Crippen molar-refractivity contribution in [2.45, 2.75) is 6.54 Å². The molecular weight excluding hydrogens is 282 g/mol. The van der Waals surface area contributed by atoms with Crippen molar-refractivity contribution >= 4 is 16.9 Å². The second kappa shape index (κ2) is 6.09. The van der Waals surface area contributed by atoms with Crippen LogP contribution in [0.2, 0.25) is 0 Å². The van der Waals surface area contributed by atoms with Crippen LogP contribution in [0.1, 0.15) is 5.69 Å². The lowest BCUT2D eigenvalue weighted by molar-refractivity contribution is 0.200. The summed E-state index contributed by atoms with van der Waals surface area (Å²) in [6.45, 7) is 0.156. The topological polar surface area (TPSA) is 84.1 Å². The smallest absolute Gasteiger partial charge is 0.410 e. The highest BCUT2D eigenvalue weighted by molar-refractivity contribution is 5.83. The number of ether oxygens (including phenoxy) is 1. The number of H-pyrrole nitrogens is 1. The molecule has 0 saturated heterocycles. The summed E-state index contributed by atoms with van der Waals surface area (Å²) in [5.74, 6) is 0.458. The summed E-state index contributed by atoms with van der Waals surface area (Å²) in [7, 11) is 0. The summed E-state index contributed by atoms with van der Waals surface area (Å²) in [6, 6.07) is 15.9. The molecule has 0 aliphatic carbocycles.